The van der Waals surface area contributed by atoms with Crippen LogP contribution in [0.5, 0.6) is 0 Å². The highest BCUT2D eigenvalue weighted by atomic mass is 14.7. The summed E-state index contributed by atoms with van der Waals surface area (Å²) in [5, 5.41) is 2.38. The number of aryl methyl sites for hydroxylation is 2. The van der Waals surface area contributed by atoms with E-state index < -0.39 is 0 Å². The van der Waals surface area contributed by atoms with Gasteiger partial charge in [0.05, 0.1) is 11.0 Å². The van der Waals surface area contributed by atoms with Crippen LogP contribution < -0.4 is 0 Å². The van der Waals surface area contributed by atoms with Crippen molar-refractivity contribution in [3.8, 4) is 0 Å². The van der Waals surface area contributed by atoms with E-state index in [1.165, 1.54) is 27.5 Å². The number of hydrogen-bond donors (Lipinski definition) is 1. The van der Waals surface area contributed by atoms with Crippen molar-refractivity contribution in [1.29, 1.82) is 0 Å². The maximum atomic E-state index is 4.46. The average molecular weight is 196 g/mol. The number of aromatic amines is 1. The summed E-state index contributed by atoms with van der Waals surface area (Å²) in [5.41, 5.74) is 4.68. The molecular formula is C13H12N2. The van der Waals surface area contributed by atoms with E-state index in [0.29, 0.717) is 0 Å². The molecule has 2 nitrogen and oxygen atoms in total. The summed E-state index contributed by atoms with van der Waals surface area (Å²) in [6.45, 7) is 4.16. The minimum absolute atomic E-state index is 1.06. The van der Waals surface area contributed by atoms with Crippen molar-refractivity contribution in [2.24, 2.45) is 0 Å². The van der Waals surface area contributed by atoms with Gasteiger partial charge in [-0.05, 0) is 31.5 Å². The van der Waals surface area contributed by atoms with Gasteiger partial charge in [0.25, 0.3) is 0 Å². The SMILES string of the molecule is Cc1ccc2c(c1)ncc1cc(C)[nH]c12. The first-order chi connectivity index (χ1) is 7.24. The number of nitrogens with zero attached hydrogens (tertiary/aromatic N) is 1. The van der Waals surface area contributed by atoms with E-state index in [1.54, 1.807) is 0 Å². The van der Waals surface area contributed by atoms with Crippen LogP contribution in [0.2, 0.25) is 0 Å². The van der Waals surface area contributed by atoms with Gasteiger partial charge in [-0.15, -0.1) is 0 Å². The number of aromatic nitrogens is 2. The van der Waals surface area contributed by atoms with Gasteiger partial charge in [0, 0.05) is 22.7 Å². The fourth-order valence-electron chi connectivity index (χ4n) is 2.03. The third-order valence-electron chi connectivity index (χ3n) is 2.75. The molecule has 1 aromatic carbocycles. The third-order valence-corrected chi connectivity index (χ3v) is 2.75. The van der Waals surface area contributed by atoms with E-state index in [9.17, 15) is 0 Å². The van der Waals surface area contributed by atoms with Crippen LogP contribution in [-0.4, -0.2) is 9.97 Å². The molecule has 0 fully saturated rings. The molecule has 0 aliphatic rings. The van der Waals surface area contributed by atoms with Crippen molar-refractivity contribution in [2.45, 2.75) is 13.8 Å². The highest BCUT2D eigenvalue weighted by Crippen LogP contribution is 2.23. The Hall–Kier alpha value is -1.83. The fourth-order valence-corrected chi connectivity index (χ4v) is 2.03. The maximum Gasteiger partial charge on any atom is 0.0725 e. The summed E-state index contributed by atoms with van der Waals surface area (Å²) in [4.78, 5) is 7.84. The van der Waals surface area contributed by atoms with Gasteiger partial charge in [-0.3, -0.25) is 4.98 Å². The Morgan fingerprint density at radius 1 is 1.13 bits per heavy atom. The van der Waals surface area contributed by atoms with Crippen molar-refractivity contribution >= 4 is 21.8 Å². The number of rotatable bonds is 0. The van der Waals surface area contributed by atoms with Crippen molar-refractivity contribution in [1.82, 2.24) is 9.97 Å². The third kappa shape index (κ3) is 1.22. The van der Waals surface area contributed by atoms with E-state index in [-0.39, 0.29) is 0 Å². The lowest BCUT2D eigenvalue weighted by atomic mass is 10.1. The normalized spacial score (nSPS) is 11.3. The molecule has 0 saturated carbocycles. The van der Waals surface area contributed by atoms with Crippen LogP contribution in [0, 0.1) is 13.8 Å². The predicted molar refractivity (Wildman–Crippen MR) is 63.1 cm³/mol. The zero-order chi connectivity index (χ0) is 10.4. The van der Waals surface area contributed by atoms with Gasteiger partial charge in [-0.1, -0.05) is 12.1 Å². The zero-order valence-corrected chi connectivity index (χ0v) is 8.83. The number of nitrogens with one attached hydrogen (secondary N) is 1. The second-order valence-electron chi connectivity index (χ2n) is 4.06. The van der Waals surface area contributed by atoms with Crippen molar-refractivity contribution in [3.05, 3.63) is 41.7 Å². The summed E-state index contributed by atoms with van der Waals surface area (Å²) in [7, 11) is 0. The molecule has 0 aliphatic heterocycles. The highest BCUT2D eigenvalue weighted by molar-refractivity contribution is 6.03. The van der Waals surface area contributed by atoms with Crippen LogP contribution in [0.25, 0.3) is 21.8 Å². The lowest BCUT2D eigenvalue weighted by Crippen LogP contribution is -1.81. The summed E-state index contributed by atoms with van der Waals surface area (Å²) >= 11 is 0. The van der Waals surface area contributed by atoms with Crippen LogP contribution >= 0.6 is 0 Å². The van der Waals surface area contributed by atoms with Gasteiger partial charge in [-0.25, -0.2) is 0 Å². The largest absolute Gasteiger partial charge is 0.358 e. The first-order valence-electron chi connectivity index (χ1n) is 5.09. The molecule has 15 heavy (non-hydrogen) atoms. The summed E-state index contributed by atoms with van der Waals surface area (Å²) < 4.78 is 0. The quantitative estimate of drug-likeness (QED) is 0.587. The molecule has 0 spiro atoms. The van der Waals surface area contributed by atoms with Crippen LogP contribution in [0.15, 0.2) is 30.5 Å². The molecule has 3 aromatic rings. The monoisotopic (exact) mass is 196 g/mol. The molecular weight excluding hydrogens is 184 g/mol. The van der Waals surface area contributed by atoms with Crippen LogP contribution in [-0.2, 0) is 0 Å². The predicted octanol–water partition coefficient (Wildman–Crippen LogP) is 3.33. The smallest absolute Gasteiger partial charge is 0.0725 e. The molecule has 0 amide bonds. The van der Waals surface area contributed by atoms with Gasteiger partial charge in [0.1, 0.15) is 0 Å². The first kappa shape index (κ1) is 8.48. The van der Waals surface area contributed by atoms with Crippen LogP contribution in [0.4, 0.5) is 0 Å². The molecule has 1 N–H and O–H groups in total. The Labute approximate surface area is 88.0 Å². The minimum Gasteiger partial charge on any atom is -0.358 e. The van der Waals surface area contributed by atoms with E-state index in [2.05, 4.69) is 48.1 Å². The second kappa shape index (κ2) is 2.83. The van der Waals surface area contributed by atoms with E-state index in [0.717, 1.165) is 5.52 Å². The van der Waals surface area contributed by atoms with Gasteiger partial charge >= 0.3 is 0 Å². The second-order valence-corrected chi connectivity index (χ2v) is 4.06. The summed E-state index contributed by atoms with van der Waals surface area (Å²) in [6.07, 6.45) is 1.93. The Morgan fingerprint density at radius 2 is 2.00 bits per heavy atom. The molecule has 0 aliphatic carbocycles. The van der Waals surface area contributed by atoms with Gasteiger partial charge in [-0.2, -0.15) is 0 Å². The molecule has 2 heterocycles. The van der Waals surface area contributed by atoms with Gasteiger partial charge < -0.3 is 4.98 Å². The lowest BCUT2D eigenvalue weighted by Gasteiger charge is -1.99. The molecule has 74 valence electrons. The lowest BCUT2D eigenvalue weighted by molar-refractivity contribution is 1.30. The maximum absolute atomic E-state index is 4.46. The van der Waals surface area contributed by atoms with E-state index >= 15 is 0 Å². The fraction of sp³-hybridized carbons (Fsp3) is 0.154. The number of pyridine rings is 1. The Balaban J connectivity index is 2.53. The van der Waals surface area contributed by atoms with Crippen molar-refractivity contribution in [2.75, 3.05) is 0 Å². The number of benzene rings is 1. The molecule has 0 atom stereocenters. The molecule has 0 radical (unpaired) electrons. The van der Waals surface area contributed by atoms with E-state index in [4.69, 9.17) is 0 Å². The Kier molecular flexibility index (Phi) is 1.60. The molecule has 0 bridgehead atoms. The molecule has 2 heteroatoms. The first-order valence-corrected chi connectivity index (χ1v) is 5.09. The standard InChI is InChI=1S/C13H12N2/c1-8-3-4-11-12(5-8)14-7-10-6-9(2)15-13(10)11/h3-7,15H,1-2H3. The van der Waals surface area contributed by atoms with Crippen molar-refractivity contribution in [3.63, 3.8) is 0 Å². The zero-order valence-electron chi connectivity index (χ0n) is 8.83. The van der Waals surface area contributed by atoms with Gasteiger partial charge in [0.2, 0.25) is 0 Å². The number of hydrogen-bond acceptors (Lipinski definition) is 1. The number of fused-ring (bicyclic) bond motifs is 3. The molecule has 3 rings (SSSR count). The highest BCUT2D eigenvalue weighted by Gasteiger charge is 2.03. The topological polar surface area (TPSA) is 28.7 Å². The van der Waals surface area contributed by atoms with E-state index in [1.807, 2.05) is 6.20 Å². The van der Waals surface area contributed by atoms with Crippen molar-refractivity contribution < 1.29 is 0 Å². The summed E-state index contributed by atoms with van der Waals surface area (Å²) in [5.74, 6) is 0. The molecule has 2 aromatic heterocycles. The summed E-state index contributed by atoms with van der Waals surface area (Å²) in [6, 6.07) is 8.50. The van der Waals surface area contributed by atoms with Crippen LogP contribution in [0.1, 0.15) is 11.3 Å². The Morgan fingerprint density at radius 3 is 2.87 bits per heavy atom. The number of H-pyrrole nitrogens is 1. The van der Waals surface area contributed by atoms with Gasteiger partial charge in [0.15, 0.2) is 0 Å². The van der Waals surface area contributed by atoms with Crippen LogP contribution in [0.3, 0.4) is 0 Å². The molecule has 0 saturated heterocycles. The average Bonchev–Trinajstić information content (AvgIpc) is 2.58. The molecule has 0 unspecified atom stereocenters. The minimum atomic E-state index is 1.06. The Bertz CT molecular complexity index is 650.